The number of halogens is 1. The van der Waals surface area contributed by atoms with E-state index < -0.39 is 11.7 Å². The number of amides is 1. The molecule has 0 aliphatic heterocycles. The van der Waals surface area contributed by atoms with Crippen LogP contribution in [0.4, 0.5) is 4.79 Å². The Labute approximate surface area is 118 Å². The summed E-state index contributed by atoms with van der Waals surface area (Å²) in [6.45, 7) is 7.99. The van der Waals surface area contributed by atoms with Crippen LogP contribution >= 0.6 is 15.9 Å². The predicted octanol–water partition coefficient (Wildman–Crippen LogP) is 3.23. The van der Waals surface area contributed by atoms with Crippen LogP contribution in [0.5, 0.6) is 0 Å². The van der Waals surface area contributed by atoms with Crippen molar-refractivity contribution in [1.29, 1.82) is 0 Å². The summed E-state index contributed by atoms with van der Waals surface area (Å²) in [7, 11) is 0. The molecule has 0 aromatic heterocycles. The van der Waals surface area contributed by atoms with Gasteiger partial charge in [0.15, 0.2) is 0 Å². The molecule has 1 rings (SSSR count). The fourth-order valence-electron chi connectivity index (χ4n) is 1.58. The number of ether oxygens (including phenoxy) is 2. The Balaban J connectivity index is 2.35. The second-order valence-corrected chi connectivity index (χ2v) is 6.67. The van der Waals surface area contributed by atoms with Crippen molar-refractivity contribution in [3.63, 3.8) is 0 Å². The van der Waals surface area contributed by atoms with Crippen LogP contribution in [0.3, 0.4) is 0 Å². The molecule has 0 radical (unpaired) electrons. The van der Waals surface area contributed by atoms with Crippen LogP contribution < -0.4 is 5.32 Å². The maximum absolute atomic E-state index is 11.6. The van der Waals surface area contributed by atoms with Gasteiger partial charge in [-0.1, -0.05) is 15.9 Å². The second kappa shape index (κ2) is 6.24. The van der Waals surface area contributed by atoms with Gasteiger partial charge in [0.05, 0.1) is 18.2 Å². The van der Waals surface area contributed by atoms with E-state index in [-0.39, 0.29) is 5.60 Å². The third-order valence-corrected chi connectivity index (χ3v) is 3.98. The third kappa shape index (κ3) is 5.57. The molecule has 0 heterocycles. The summed E-state index contributed by atoms with van der Waals surface area (Å²) in [5.41, 5.74) is -0.842. The fraction of sp³-hybridized carbons (Fsp3) is 0.923. The maximum atomic E-state index is 11.6. The molecule has 1 aliphatic rings. The van der Waals surface area contributed by atoms with Crippen molar-refractivity contribution in [1.82, 2.24) is 5.32 Å². The van der Waals surface area contributed by atoms with Gasteiger partial charge in [-0.15, -0.1) is 0 Å². The zero-order chi connectivity index (χ0) is 13.8. The molecule has 18 heavy (non-hydrogen) atoms. The van der Waals surface area contributed by atoms with Crippen molar-refractivity contribution in [2.45, 2.75) is 64.3 Å². The van der Waals surface area contributed by atoms with E-state index >= 15 is 0 Å². The average Bonchev–Trinajstić information content (AvgIpc) is 2.19. The smallest absolute Gasteiger partial charge is 0.407 e. The van der Waals surface area contributed by atoms with Gasteiger partial charge in [0.2, 0.25) is 0 Å². The number of hydrogen-bond acceptors (Lipinski definition) is 3. The lowest BCUT2D eigenvalue weighted by Crippen LogP contribution is -2.48. The quantitative estimate of drug-likeness (QED) is 0.791. The average molecular weight is 322 g/mol. The summed E-state index contributed by atoms with van der Waals surface area (Å²) < 4.78 is 11.2. The van der Waals surface area contributed by atoms with E-state index in [0.29, 0.717) is 18.0 Å². The van der Waals surface area contributed by atoms with E-state index in [2.05, 4.69) is 21.2 Å². The first-order valence-electron chi connectivity index (χ1n) is 6.45. The molecule has 1 saturated carbocycles. The first-order chi connectivity index (χ1) is 8.24. The highest BCUT2D eigenvalue weighted by atomic mass is 79.9. The van der Waals surface area contributed by atoms with Crippen LogP contribution in [0.25, 0.3) is 0 Å². The fourth-order valence-corrected chi connectivity index (χ4v) is 1.92. The Morgan fingerprint density at radius 2 is 1.94 bits per heavy atom. The SMILES string of the molecule is CC(C)(C)OC(=O)NCC(C)(CBr)OC1CCC1. The molecule has 1 atom stereocenters. The molecule has 0 aromatic rings. The Kier molecular flexibility index (Phi) is 5.46. The Morgan fingerprint density at radius 1 is 1.33 bits per heavy atom. The maximum Gasteiger partial charge on any atom is 0.407 e. The van der Waals surface area contributed by atoms with E-state index in [1.54, 1.807) is 0 Å². The van der Waals surface area contributed by atoms with Crippen LogP contribution in [-0.2, 0) is 9.47 Å². The van der Waals surface area contributed by atoms with Crippen molar-refractivity contribution >= 4 is 22.0 Å². The standard InChI is InChI=1S/C13H24BrNO3/c1-12(2,3)18-11(16)15-9-13(4,8-14)17-10-6-5-7-10/h10H,5-9H2,1-4H3,(H,15,16). The molecule has 1 unspecified atom stereocenters. The summed E-state index contributed by atoms with van der Waals surface area (Å²) >= 11 is 3.45. The zero-order valence-electron chi connectivity index (χ0n) is 11.7. The minimum absolute atomic E-state index is 0.341. The Bertz CT molecular complexity index is 286. The molecule has 4 nitrogen and oxygen atoms in total. The zero-order valence-corrected chi connectivity index (χ0v) is 13.3. The van der Waals surface area contributed by atoms with Gasteiger partial charge in [0, 0.05) is 5.33 Å². The molecule has 1 amide bonds. The largest absolute Gasteiger partial charge is 0.444 e. The molecule has 0 saturated heterocycles. The van der Waals surface area contributed by atoms with E-state index in [1.165, 1.54) is 6.42 Å². The number of hydrogen-bond donors (Lipinski definition) is 1. The van der Waals surface area contributed by atoms with Crippen LogP contribution in [0, 0.1) is 0 Å². The molecule has 1 aliphatic carbocycles. The Hall–Kier alpha value is -0.290. The van der Waals surface area contributed by atoms with E-state index in [9.17, 15) is 4.79 Å². The van der Waals surface area contributed by atoms with Gasteiger partial charge < -0.3 is 14.8 Å². The molecule has 106 valence electrons. The van der Waals surface area contributed by atoms with Crippen LogP contribution in [0.15, 0.2) is 0 Å². The van der Waals surface area contributed by atoms with Crippen molar-refractivity contribution in [3.05, 3.63) is 0 Å². The lowest BCUT2D eigenvalue weighted by molar-refractivity contribution is -0.0967. The van der Waals surface area contributed by atoms with Gasteiger partial charge in [-0.2, -0.15) is 0 Å². The molecule has 0 bridgehead atoms. The number of carbonyl (C=O) groups excluding carboxylic acids is 1. The third-order valence-electron chi connectivity index (χ3n) is 2.79. The van der Waals surface area contributed by atoms with Gasteiger partial charge in [-0.05, 0) is 47.0 Å². The number of alkyl carbamates (subject to hydrolysis) is 1. The van der Waals surface area contributed by atoms with Gasteiger partial charge in [0.1, 0.15) is 5.60 Å². The van der Waals surface area contributed by atoms with Crippen LogP contribution in [-0.4, -0.2) is 35.3 Å². The second-order valence-electron chi connectivity index (χ2n) is 6.11. The predicted molar refractivity (Wildman–Crippen MR) is 75.2 cm³/mol. The first kappa shape index (κ1) is 15.8. The molecule has 1 fully saturated rings. The molecule has 5 heteroatoms. The molecular formula is C13H24BrNO3. The number of carbonyl (C=O) groups is 1. The minimum Gasteiger partial charge on any atom is -0.444 e. The van der Waals surface area contributed by atoms with Gasteiger partial charge in [-0.25, -0.2) is 4.79 Å². The number of nitrogens with one attached hydrogen (secondary N) is 1. The Morgan fingerprint density at radius 3 is 2.33 bits per heavy atom. The van der Waals surface area contributed by atoms with E-state index in [0.717, 1.165) is 12.8 Å². The summed E-state index contributed by atoms with van der Waals surface area (Å²) in [6, 6.07) is 0. The van der Waals surface area contributed by atoms with Crippen molar-refractivity contribution in [3.8, 4) is 0 Å². The highest BCUT2D eigenvalue weighted by Gasteiger charge is 2.31. The first-order valence-corrected chi connectivity index (χ1v) is 7.57. The highest BCUT2D eigenvalue weighted by Crippen LogP contribution is 2.28. The summed E-state index contributed by atoms with van der Waals surface area (Å²) in [5.74, 6) is 0. The topological polar surface area (TPSA) is 47.6 Å². The molecule has 0 spiro atoms. The van der Waals surface area contributed by atoms with Gasteiger partial charge in [0.25, 0.3) is 0 Å². The lowest BCUT2D eigenvalue weighted by Gasteiger charge is -2.37. The molecule has 0 aromatic carbocycles. The normalized spacial score (nSPS) is 19.8. The highest BCUT2D eigenvalue weighted by molar-refractivity contribution is 9.09. The van der Waals surface area contributed by atoms with E-state index in [4.69, 9.17) is 9.47 Å². The summed E-state index contributed by atoms with van der Waals surface area (Å²) in [5, 5.41) is 3.45. The number of rotatable bonds is 5. The van der Waals surface area contributed by atoms with Gasteiger partial charge >= 0.3 is 6.09 Å². The van der Waals surface area contributed by atoms with Crippen LogP contribution in [0.2, 0.25) is 0 Å². The van der Waals surface area contributed by atoms with Crippen molar-refractivity contribution < 1.29 is 14.3 Å². The number of alkyl halides is 1. The monoisotopic (exact) mass is 321 g/mol. The van der Waals surface area contributed by atoms with E-state index in [1.807, 2.05) is 27.7 Å². The molecule has 1 N–H and O–H groups in total. The summed E-state index contributed by atoms with van der Waals surface area (Å²) in [4.78, 5) is 11.6. The lowest BCUT2D eigenvalue weighted by atomic mass is 9.95. The van der Waals surface area contributed by atoms with Gasteiger partial charge in [-0.3, -0.25) is 0 Å². The van der Waals surface area contributed by atoms with Crippen LogP contribution in [0.1, 0.15) is 47.0 Å². The molecular weight excluding hydrogens is 298 g/mol. The minimum atomic E-state index is -0.469. The van der Waals surface area contributed by atoms with Crippen molar-refractivity contribution in [2.24, 2.45) is 0 Å². The summed E-state index contributed by atoms with van der Waals surface area (Å²) in [6.07, 6.45) is 3.42. The van der Waals surface area contributed by atoms with Crippen molar-refractivity contribution in [2.75, 3.05) is 11.9 Å².